The molecule has 7 heteroatoms. The van der Waals surface area contributed by atoms with Gasteiger partial charge in [0, 0.05) is 13.8 Å². The number of rotatable bonds is 5. The van der Waals surface area contributed by atoms with E-state index in [0.29, 0.717) is 5.56 Å². The molecular weight excluding hydrogens is 283 g/mol. The van der Waals surface area contributed by atoms with E-state index in [1.54, 1.807) is 0 Å². The van der Waals surface area contributed by atoms with Gasteiger partial charge in [0.1, 0.15) is 5.82 Å². The van der Waals surface area contributed by atoms with Gasteiger partial charge in [-0.3, -0.25) is 9.59 Å². The molecular formula is C14H15FO6. The van der Waals surface area contributed by atoms with Gasteiger partial charge in [0.15, 0.2) is 6.10 Å². The van der Waals surface area contributed by atoms with Crippen LogP contribution in [0, 0.1) is 5.82 Å². The molecule has 1 rings (SSSR count). The second kappa shape index (κ2) is 7.37. The Morgan fingerprint density at radius 1 is 1.00 bits per heavy atom. The van der Waals surface area contributed by atoms with Gasteiger partial charge < -0.3 is 14.2 Å². The van der Waals surface area contributed by atoms with Crippen LogP contribution in [0.1, 0.15) is 25.5 Å². The van der Waals surface area contributed by atoms with E-state index in [2.05, 4.69) is 4.74 Å². The summed E-state index contributed by atoms with van der Waals surface area (Å²) in [6, 6.07) is 4.91. The Balaban J connectivity index is 3.18. The molecule has 114 valence electrons. The summed E-state index contributed by atoms with van der Waals surface area (Å²) < 4.78 is 27.4. The first-order valence-corrected chi connectivity index (χ1v) is 6.03. The molecule has 0 spiro atoms. The maximum Gasteiger partial charge on any atom is 0.351 e. The maximum atomic E-state index is 13.0. The van der Waals surface area contributed by atoms with Crippen LogP contribution in [0.2, 0.25) is 0 Å². The normalized spacial score (nSPS) is 13.0. The third kappa shape index (κ3) is 4.87. The molecule has 6 nitrogen and oxygen atoms in total. The molecule has 0 amide bonds. The summed E-state index contributed by atoms with van der Waals surface area (Å²) in [6.45, 7) is 2.24. The van der Waals surface area contributed by atoms with Crippen LogP contribution in [-0.2, 0) is 28.6 Å². The number of hydrogen-bond acceptors (Lipinski definition) is 6. The topological polar surface area (TPSA) is 78.9 Å². The molecule has 0 N–H and O–H groups in total. The van der Waals surface area contributed by atoms with E-state index >= 15 is 0 Å². The number of esters is 3. The zero-order valence-corrected chi connectivity index (χ0v) is 11.8. The Kier molecular flexibility index (Phi) is 5.83. The molecule has 0 bridgehead atoms. The molecule has 0 aliphatic carbocycles. The van der Waals surface area contributed by atoms with Crippen LogP contribution in [-0.4, -0.2) is 31.1 Å². The SMILES string of the molecule is COC(=O)[C@H](OC(C)=O)[C@H](OC(C)=O)c1ccc(F)cc1. The third-order valence-electron chi connectivity index (χ3n) is 2.49. The Morgan fingerprint density at radius 2 is 1.52 bits per heavy atom. The highest BCUT2D eigenvalue weighted by molar-refractivity contribution is 5.80. The van der Waals surface area contributed by atoms with Crippen molar-refractivity contribution in [3.63, 3.8) is 0 Å². The Morgan fingerprint density at radius 3 is 1.95 bits per heavy atom. The lowest BCUT2D eigenvalue weighted by Gasteiger charge is -2.24. The van der Waals surface area contributed by atoms with Gasteiger partial charge in [-0.25, -0.2) is 9.18 Å². The van der Waals surface area contributed by atoms with E-state index in [1.165, 1.54) is 12.1 Å². The van der Waals surface area contributed by atoms with E-state index in [-0.39, 0.29) is 0 Å². The van der Waals surface area contributed by atoms with Crippen LogP contribution in [0.5, 0.6) is 0 Å². The molecule has 2 atom stereocenters. The highest BCUT2D eigenvalue weighted by atomic mass is 19.1. The van der Waals surface area contributed by atoms with E-state index in [1.807, 2.05) is 0 Å². The minimum Gasteiger partial charge on any atom is -0.466 e. The fourth-order valence-electron chi connectivity index (χ4n) is 1.66. The van der Waals surface area contributed by atoms with Gasteiger partial charge >= 0.3 is 17.9 Å². The second-order valence-electron chi connectivity index (χ2n) is 4.13. The molecule has 0 aliphatic rings. The highest BCUT2D eigenvalue weighted by Gasteiger charge is 2.36. The lowest BCUT2D eigenvalue weighted by molar-refractivity contribution is -0.180. The van der Waals surface area contributed by atoms with Crippen LogP contribution >= 0.6 is 0 Å². The van der Waals surface area contributed by atoms with Crippen LogP contribution in [0.4, 0.5) is 4.39 Å². The van der Waals surface area contributed by atoms with E-state index < -0.39 is 35.9 Å². The monoisotopic (exact) mass is 298 g/mol. The van der Waals surface area contributed by atoms with E-state index in [9.17, 15) is 18.8 Å². The van der Waals surface area contributed by atoms with Crippen molar-refractivity contribution in [2.75, 3.05) is 7.11 Å². The Bertz CT molecular complexity index is 525. The first kappa shape index (κ1) is 16.6. The fraction of sp³-hybridized carbons (Fsp3) is 0.357. The summed E-state index contributed by atoms with van der Waals surface area (Å²) in [5, 5.41) is 0. The molecule has 21 heavy (non-hydrogen) atoms. The van der Waals surface area contributed by atoms with Crippen LogP contribution in [0.15, 0.2) is 24.3 Å². The minimum atomic E-state index is -1.47. The van der Waals surface area contributed by atoms with Crippen LogP contribution in [0.25, 0.3) is 0 Å². The lowest BCUT2D eigenvalue weighted by Crippen LogP contribution is -2.36. The summed E-state index contributed by atoms with van der Waals surface area (Å²) >= 11 is 0. The van der Waals surface area contributed by atoms with Crippen molar-refractivity contribution in [3.05, 3.63) is 35.6 Å². The van der Waals surface area contributed by atoms with Gasteiger partial charge in [-0.1, -0.05) is 12.1 Å². The quantitative estimate of drug-likeness (QED) is 0.606. The average molecular weight is 298 g/mol. The van der Waals surface area contributed by atoms with Gasteiger partial charge in [0.05, 0.1) is 7.11 Å². The largest absolute Gasteiger partial charge is 0.466 e. The van der Waals surface area contributed by atoms with Crippen molar-refractivity contribution in [1.82, 2.24) is 0 Å². The van der Waals surface area contributed by atoms with Crippen molar-refractivity contribution in [1.29, 1.82) is 0 Å². The van der Waals surface area contributed by atoms with Crippen molar-refractivity contribution in [2.24, 2.45) is 0 Å². The van der Waals surface area contributed by atoms with Gasteiger partial charge in [0.2, 0.25) is 6.10 Å². The number of halogens is 1. The highest BCUT2D eigenvalue weighted by Crippen LogP contribution is 2.25. The third-order valence-corrected chi connectivity index (χ3v) is 2.49. The number of carbonyl (C=O) groups excluding carboxylic acids is 3. The number of benzene rings is 1. The zero-order valence-electron chi connectivity index (χ0n) is 11.8. The molecule has 1 aromatic rings. The summed E-state index contributed by atoms with van der Waals surface area (Å²) in [4.78, 5) is 34.1. The number of methoxy groups -OCH3 is 1. The molecule has 0 saturated carbocycles. The predicted octanol–water partition coefficient (Wildman–Crippen LogP) is 1.53. The van der Waals surface area contributed by atoms with E-state index in [0.717, 1.165) is 33.1 Å². The van der Waals surface area contributed by atoms with Crippen molar-refractivity contribution in [3.8, 4) is 0 Å². The molecule has 0 fully saturated rings. The second-order valence-corrected chi connectivity index (χ2v) is 4.13. The Labute approximate surface area is 120 Å². The summed E-state index contributed by atoms with van der Waals surface area (Å²) in [5.41, 5.74) is 0.295. The summed E-state index contributed by atoms with van der Waals surface area (Å²) in [5.74, 6) is -2.82. The van der Waals surface area contributed by atoms with Gasteiger partial charge in [-0.2, -0.15) is 0 Å². The predicted molar refractivity (Wildman–Crippen MR) is 68.5 cm³/mol. The van der Waals surface area contributed by atoms with Gasteiger partial charge in [0.25, 0.3) is 0 Å². The molecule has 0 aromatic heterocycles. The summed E-state index contributed by atoms with van der Waals surface area (Å²) in [6.07, 6.45) is -2.69. The van der Waals surface area contributed by atoms with Crippen molar-refractivity contribution < 1.29 is 33.0 Å². The summed E-state index contributed by atoms with van der Waals surface area (Å²) in [7, 11) is 1.11. The molecule has 0 heterocycles. The van der Waals surface area contributed by atoms with Crippen molar-refractivity contribution in [2.45, 2.75) is 26.1 Å². The smallest absolute Gasteiger partial charge is 0.351 e. The van der Waals surface area contributed by atoms with Gasteiger partial charge in [-0.15, -0.1) is 0 Å². The number of carbonyl (C=O) groups is 3. The lowest BCUT2D eigenvalue weighted by atomic mass is 10.0. The first-order valence-electron chi connectivity index (χ1n) is 6.03. The molecule has 0 aliphatic heterocycles. The van der Waals surface area contributed by atoms with Crippen LogP contribution < -0.4 is 0 Å². The minimum absolute atomic E-state index is 0.295. The first-order chi connectivity index (χ1) is 9.85. The number of hydrogen-bond donors (Lipinski definition) is 0. The van der Waals surface area contributed by atoms with Gasteiger partial charge in [-0.05, 0) is 17.7 Å². The average Bonchev–Trinajstić information content (AvgIpc) is 2.42. The molecule has 0 unspecified atom stereocenters. The van der Waals surface area contributed by atoms with E-state index in [4.69, 9.17) is 9.47 Å². The molecule has 0 saturated heterocycles. The molecule has 0 radical (unpaired) electrons. The van der Waals surface area contributed by atoms with Crippen LogP contribution in [0.3, 0.4) is 0 Å². The number of ether oxygens (including phenoxy) is 3. The van der Waals surface area contributed by atoms with Crippen molar-refractivity contribution >= 4 is 17.9 Å². The fourth-order valence-corrected chi connectivity index (χ4v) is 1.66. The maximum absolute atomic E-state index is 13.0. The molecule has 1 aromatic carbocycles. The Hall–Kier alpha value is -2.44. The zero-order chi connectivity index (χ0) is 16.0. The standard InChI is InChI=1S/C14H15FO6/c1-8(16)20-12(10-4-6-11(15)7-5-10)13(14(18)19-3)21-9(2)17/h4-7,12-13H,1-3H3/t12-,13-/m1/s1.